The van der Waals surface area contributed by atoms with Gasteiger partial charge in [0.1, 0.15) is 23.3 Å². The highest BCUT2D eigenvalue weighted by Gasteiger charge is 2.41. The summed E-state index contributed by atoms with van der Waals surface area (Å²) in [5.74, 6) is 1.92. The smallest absolute Gasteiger partial charge is 0.317 e. The number of anilines is 1. The Hall–Kier alpha value is -5.61. The molecule has 0 spiro atoms. The third kappa shape index (κ3) is 8.27. The largest absolute Gasteiger partial charge is 0.496 e. The second kappa shape index (κ2) is 17.8. The van der Waals surface area contributed by atoms with Crippen LogP contribution in [0.5, 0.6) is 17.2 Å². The molecule has 326 valence electrons. The van der Waals surface area contributed by atoms with Crippen LogP contribution in [0.2, 0.25) is 0 Å². The highest BCUT2D eigenvalue weighted by Crippen LogP contribution is 2.41. The monoisotopic (exact) mass is 838 g/mol. The van der Waals surface area contributed by atoms with E-state index in [9.17, 15) is 24.0 Å². The Morgan fingerprint density at radius 2 is 1.52 bits per heavy atom. The minimum absolute atomic E-state index is 0.0926. The van der Waals surface area contributed by atoms with E-state index < -0.39 is 11.9 Å². The lowest BCUT2D eigenvalue weighted by atomic mass is 9.91. The van der Waals surface area contributed by atoms with Crippen molar-refractivity contribution in [3.63, 3.8) is 0 Å². The SMILES string of the molecule is CNC(=O)N1CCc2c(-c3cc(OC)c(CN4CCC(CCN5CCN(c6ccc7c(c6OC)CN(C6CCC(=O)NC6=O)C7=O)CC5)CC4)c(OC)c3)cn(C)c(=O)c2C1. The molecule has 5 aliphatic rings. The van der Waals surface area contributed by atoms with E-state index in [1.54, 1.807) is 49.8 Å². The van der Waals surface area contributed by atoms with Crippen LogP contribution in [0.3, 0.4) is 0 Å². The molecule has 1 aromatic heterocycles. The van der Waals surface area contributed by atoms with Gasteiger partial charge in [-0.1, -0.05) is 0 Å². The van der Waals surface area contributed by atoms with Crippen molar-refractivity contribution in [3.8, 4) is 28.4 Å². The molecule has 3 saturated heterocycles. The summed E-state index contributed by atoms with van der Waals surface area (Å²) in [5, 5.41) is 5.05. The molecule has 0 aliphatic carbocycles. The van der Waals surface area contributed by atoms with Gasteiger partial charge in [-0.2, -0.15) is 0 Å². The number of methoxy groups -OCH3 is 3. The van der Waals surface area contributed by atoms with Gasteiger partial charge in [-0.05, 0) is 93.0 Å². The van der Waals surface area contributed by atoms with E-state index in [0.29, 0.717) is 48.7 Å². The van der Waals surface area contributed by atoms with Crippen molar-refractivity contribution in [2.75, 3.05) is 85.6 Å². The minimum atomic E-state index is -0.662. The van der Waals surface area contributed by atoms with Crippen LogP contribution >= 0.6 is 0 Å². The summed E-state index contributed by atoms with van der Waals surface area (Å²) >= 11 is 0. The van der Waals surface area contributed by atoms with E-state index in [2.05, 4.69) is 37.5 Å². The number of nitrogens with zero attached hydrogens (tertiary/aromatic N) is 6. The number of nitrogens with one attached hydrogen (secondary N) is 2. The molecule has 3 fully saturated rings. The molecule has 5 amide bonds. The molecule has 5 aliphatic heterocycles. The lowest BCUT2D eigenvalue weighted by Crippen LogP contribution is -2.52. The maximum atomic E-state index is 13.4. The number of carbonyl (C=O) groups is 4. The summed E-state index contributed by atoms with van der Waals surface area (Å²) in [6, 6.07) is 7.07. The zero-order valence-corrected chi connectivity index (χ0v) is 36.0. The fraction of sp³-hybridized carbons (Fsp3) is 0.533. The first-order chi connectivity index (χ1) is 29.5. The predicted molar refractivity (Wildman–Crippen MR) is 229 cm³/mol. The molecule has 3 aromatic rings. The summed E-state index contributed by atoms with van der Waals surface area (Å²) in [4.78, 5) is 73.9. The quantitative estimate of drug-likeness (QED) is 0.274. The van der Waals surface area contributed by atoms with Gasteiger partial charge in [0, 0.05) is 88.2 Å². The van der Waals surface area contributed by atoms with Crippen LogP contribution in [0.1, 0.15) is 64.7 Å². The molecule has 16 heteroatoms. The lowest BCUT2D eigenvalue weighted by Gasteiger charge is -2.38. The Bertz CT molecular complexity index is 2240. The van der Waals surface area contributed by atoms with Crippen LogP contribution in [0, 0.1) is 5.92 Å². The van der Waals surface area contributed by atoms with E-state index in [1.165, 1.54) is 0 Å². The van der Waals surface area contributed by atoms with Gasteiger partial charge in [-0.25, -0.2) is 4.79 Å². The van der Waals surface area contributed by atoms with Gasteiger partial charge >= 0.3 is 6.03 Å². The molecule has 1 unspecified atom stereocenters. The summed E-state index contributed by atoms with van der Waals surface area (Å²) < 4.78 is 19.5. The number of imide groups is 1. The Balaban J connectivity index is 0.847. The number of carbonyl (C=O) groups excluding carboxylic acids is 4. The number of urea groups is 1. The number of ether oxygens (including phenoxy) is 3. The molecule has 0 bridgehead atoms. The fourth-order valence-corrected chi connectivity index (χ4v) is 9.99. The normalized spacial score (nSPS) is 20.0. The summed E-state index contributed by atoms with van der Waals surface area (Å²) in [7, 11) is 8.37. The fourth-order valence-electron chi connectivity index (χ4n) is 9.99. The maximum Gasteiger partial charge on any atom is 0.317 e. The molecule has 6 heterocycles. The second-order valence-electron chi connectivity index (χ2n) is 16.9. The number of aromatic nitrogens is 1. The van der Waals surface area contributed by atoms with E-state index in [-0.39, 0.29) is 42.9 Å². The number of benzene rings is 2. The van der Waals surface area contributed by atoms with Crippen LogP contribution < -0.4 is 35.3 Å². The first-order valence-corrected chi connectivity index (χ1v) is 21.5. The second-order valence-corrected chi connectivity index (χ2v) is 16.9. The first kappa shape index (κ1) is 42.1. The van der Waals surface area contributed by atoms with Crippen LogP contribution in [0.25, 0.3) is 11.1 Å². The number of hydrogen-bond donors (Lipinski definition) is 2. The minimum Gasteiger partial charge on any atom is -0.496 e. The Labute approximate surface area is 356 Å². The maximum absolute atomic E-state index is 13.4. The van der Waals surface area contributed by atoms with Crippen molar-refractivity contribution < 1.29 is 33.4 Å². The Morgan fingerprint density at radius 1 is 0.803 bits per heavy atom. The Kier molecular flexibility index (Phi) is 12.3. The average Bonchev–Trinajstić information content (AvgIpc) is 3.62. The topological polar surface area (TPSA) is 158 Å². The number of pyridine rings is 1. The third-order valence-corrected chi connectivity index (χ3v) is 13.5. The molecule has 0 saturated carbocycles. The summed E-state index contributed by atoms with van der Waals surface area (Å²) in [6.07, 6.45) is 6.41. The zero-order valence-electron chi connectivity index (χ0n) is 36.0. The molecule has 2 aromatic carbocycles. The van der Waals surface area contributed by atoms with Gasteiger partial charge in [0.15, 0.2) is 0 Å². The standard InChI is InChI=1S/C45H58N8O8/c1-46-45(58)52-17-13-30-32(24-48(2)43(56)34(30)26-52)29-22-38(59-3)35(39(23-29)60-4)25-50-15-11-28(12-16-50)10-14-49-18-20-51(21-19-49)36-7-6-31-33(41(36)61-5)27-53(44(31)57)37-8-9-40(54)47-42(37)55/h6-7,22-24,28,37H,8-21,25-27H2,1-5H3,(H,46,58)(H,47,54,55). The van der Waals surface area contributed by atoms with E-state index in [0.717, 1.165) is 110 Å². The van der Waals surface area contributed by atoms with E-state index >= 15 is 0 Å². The van der Waals surface area contributed by atoms with Crippen molar-refractivity contribution in [3.05, 3.63) is 68.6 Å². The average molecular weight is 839 g/mol. The van der Waals surface area contributed by atoms with Crippen LogP contribution in [-0.4, -0.2) is 135 Å². The van der Waals surface area contributed by atoms with Crippen molar-refractivity contribution in [1.29, 1.82) is 0 Å². The molecule has 0 radical (unpaired) electrons. The van der Waals surface area contributed by atoms with Crippen molar-refractivity contribution in [1.82, 2.24) is 34.8 Å². The van der Waals surface area contributed by atoms with Gasteiger partial charge in [0.2, 0.25) is 11.8 Å². The lowest BCUT2D eigenvalue weighted by molar-refractivity contribution is -0.136. The van der Waals surface area contributed by atoms with Gasteiger partial charge in [0.25, 0.3) is 11.5 Å². The predicted octanol–water partition coefficient (Wildman–Crippen LogP) is 2.96. The number of aryl methyl sites for hydroxylation is 1. The van der Waals surface area contributed by atoms with Crippen LogP contribution in [0.15, 0.2) is 35.3 Å². The van der Waals surface area contributed by atoms with Crippen molar-refractivity contribution in [2.24, 2.45) is 13.0 Å². The van der Waals surface area contributed by atoms with Gasteiger partial charge in [-0.15, -0.1) is 0 Å². The van der Waals surface area contributed by atoms with Crippen LogP contribution in [-0.2, 0) is 42.7 Å². The highest BCUT2D eigenvalue weighted by molar-refractivity contribution is 6.06. The summed E-state index contributed by atoms with van der Waals surface area (Å²) in [5.41, 5.74) is 6.70. The van der Waals surface area contributed by atoms with Gasteiger partial charge < -0.3 is 38.8 Å². The van der Waals surface area contributed by atoms with Crippen molar-refractivity contribution in [2.45, 2.75) is 64.2 Å². The number of fused-ring (bicyclic) bond motifs is 2. The molecule has 1 atom stereocenters. The van der Waals surface area contributed by atoms with Gasteiger partial charge in [0.05, 0.1) is 45.7 Å². The third-order valence-electron chi connectivity index (χ3n) is 13.5. The van der Waals surface area contributed by atoms with Crippen LogP contribution in [0.4, 0.5) is 10.5 Å². The molecule has 8 rings (SSSR count). The molecule has 2 N–H and O–H groups in total. The molecular formula is C45H58N8O8. The number of rotatable bonds is 11. The number of piperazine rings is 1. The number of piperidine rings is 2. The number of hydrogen-bond acceptors (Lipinski definition) is 11. The number of likely N-dealkylation sites (tertiary alicyclic amines) is 1. The first-order valence-electron chi connectivity index (χ1n) is 21.5. The molecule has 16 nitrogen and oxygen atoms in total. The van der Waals surface area contributed by atoms with Crippen molar-refractivity contribution >= 4 is 29.4 Å². The summed E-state index contributed by atoms with van der Waals surface area (Å²) in [6.45, 7) is 8.39. The highest BCUT2D eigenvalue weighted by atomic mass is 16.5. The zero-order chi connectivity index (χ0) is 42.9. The Morgan fingerprint density at radius 3 is 2.18 bits per heavy atom. The molecule has 61 heavy (non-hydrogen) atoms. The van der Waals surface area contributed by atoms with E-state index in [4.69, 9.17) is 14.2 Å². The van der Waals surface area contributed by atoms with E-state index in [1.807, 2.05) is 18.3 Å². The number of amides is 5. The van der Waals surface area contributed by atoms with Gasteiger partial charge in [-0.3, -0.25) is 34.3 Å². The molecular weight excluding hydrogens is 781 g/mol.